The lowest BCUT2D eigenvalue weighted by Gasteiger charge is -2.39. The van der Waals surface area contributed by atoms with Gasteiger partial charge in [-0.1, -0.05) is 6.92 Å². The zero-order chi connectivity index (χ0) is 12.3. The molecule has 2 aliphatic rings. The van der Waals surface area contributed by atoms with Gasteiger partial charge >= 0.3 is 0 Å². The highest BCUT2D eigenvalue weighted by Crippen LogP contribution is 2.44. The SMILES string of the molecule is CC[SiH2]OCC(OC)(OC)C1CCC2OC2C1. The van der Waals surface area contributed by atoms with E-state index in [1.165, 1.54) is 0 Å². The maximum atomic E-state index is 5.78. The zero-order valence-corrected chi connectivity index (χ0v) is 12.5. The summed E-state index contributed by atoms with van der Waals surface area (Å²) in [6, 6.07) is 1.15. The van der Waals surface area contributed by atoms with Crippen molar-refractivity contribution in [3.63, 3.8) is 0 Å². The summed E-state index contributed by atoms with van der Waals surface area (Å²) >= 11 is 0. The van der Waals surface area contributed by atoms with Crippen molar-refractivity contribution in [1.82, 2.24) is 0 Å². The molecule has 3 unspecified atom stereocenters. The summed E-state index contributed by atoms with van der Waals surface area (Å²) in [5.74, 6) is -0.161. The van der Waals surface area contributed by atoms with E-state index in [2.05, 4.69) is 6.92 Å². The van der Waals surface area contributed by atoms with Crippen molar-refractivity contribution in [3.05, 3.63) is 0 Å². The number of fused-ring (bicyclic) bond motifs is 1. The van der Waals surface area contributed by atoms with Crippen LogP contribution in [0.25, 0.3) is 0 Å². The van der Waals surface area contributed by atoms with Crippen LogP contribution in [0.4, 0.5) is 0 Å². The molecule has 0 aromatic carbocycles. The van der Waals surface area contributed by atoms with E-state index in [0.29, 0.717) is 24.7 Å². The van der Waals surface area contributed by atoms with Crippen LogP contribution in [0.2, 0.25) is 6.04 Å². The van der Waals surface area contributed by atoms with E-state index in [9.17, 15) is 0 Å². The molecule has 2 rings (SSSR count). The fraction of sp³-hybridized carbons (Fsp3) is 1.00. The number of hydrogen-bond donors (Lipinski definition) is 0. The van der Waals surface area contributed by atoms with Crippen LogP contribution in [0.5, 0.6) is 0 Å². The van der Waals surface area contributed by atoms with Gasteiger partial charge < -0.3 is 18.6 Å². The first-order valence-electron chi connectivity index (χ1n) is 6.59. The molecule has 0 amide bonds. The molecule has 0 aromatic rings. The molecule has 0 aromatic heterocycles. The second kappa shape index (κ2) is 5.80. The maximum absolute atomic E-state index is 5.78. The normalized spacial score (nSPS) is 33.0. The van der Waals surface area contributed by atoms with Gasteiger partial charge in [0.25, 0.3) is 0 Å². The van der Waals surface area contributed by atoms with Crippen molar-refractivity contribution in [3.8, 4) is 0 Å². The first-order valence-corrected chi connectivity index (χ1v) is 8.17. The van der Waals surface area contributed by atoms with Crippen LogP contribution in [0.3, 0.4) is 0 Å². The Morgan fingerprint density at radius 1 is 1.24 bits per heavy atom. The second-order valence-corrected chi connectivity index (χ2v) is 6.81. The Labute approximate surface area is 106 Å². The maximum Gasteiger partial charge on any atom is 0.192 e. The van der Waals surface area contributed by atoms with Crippen LogP contribution < -0.4 is 0 Å². The monoisotopic (exact) mass is 260 g/mol. The van der Waals surface area contributed by atoms with Crippen LogP contribution in [0, 0.1) is 5.92 Å². The topological polar surface area (TPSA) is 40.2 Å². The molecule has 1 aliphatic heterocycles. The summed E-state index contributed by atoms with van der Waals surface area (Å²) in [7, 11) is 3.04. The van der Waals surface area contributed by atoms with Crippen LogP contribution in [-0.2, 0) is 18.6 Å². The van der Waals surface area contributed by atoms with Crippen molar-refractivity contribution >= 4 is 9.76 Å². The largest absolute Gasteiger partial charge is 0.418 e. The minimum atomic E-state index is -0.556. The van der Waals surface area contributed by atoms with Crippen molar-refractivity contribution in [2.24, 2.45) is 5.92 Å². The average molecular weight is 260 g/mol. The fourth-order valence-electron chi connectivity index (χ4n) is 2.81. The van der Waals surface area contributed by atoms with Crippen LogP contribution in [-0.4, -0.2) is 48.6 Å². The average Bonchev–Trinajstić information content (AvgIpc) is 3.13. The van der Waals surface area contributed by atoms with Crippen LogP contribution in [0.15, 0.2) is 0 Å². The summed E-state index contributed by atoms with van der Waals surface area (Å²) in [5.41, 5.74) is 0. The predicted molar refractivity (Wildman–Crippen MR) is 67.7 cm³/mol. The molecule has 0 radical (unpaired) electrons. The Kier molecular flexibility index (Phi) is 4.60. The van der Waals surface area contributed by atoms with E-state index < -0.39 is 15.6 Å². The number of epoxide rings is 1. The Morgan fingerprint density at radius 3 is 2.59 bits per heavy atom. The van der Waals surface area contributed by atoms with Crippen molar-refractivity contribution < 1.29 is 18.6 Å². The van der Waals surface area contributed by atoms with Gasteiger partial charge in [-0.2, -0.15) is 0 Å². The first-order chi connectivity index (χ1) is 8.25. The Morgan fingerprint density at radius 2 is 2.00 bits per heavy atom. The Hall–Kier alpha value is 0.0569. The summed E-state index contributed by atoms with van der Waals surface area (Å²) < 4.78 is 22.7. The van der Waals surface area contributed by atoms with E-state index >= 15 is 0 Å². The molecule has 1 aliphatic carbocycles. The van der Waals surface area contributed by atoms with Gasteiger partial charge in [-0.05, 0) is 25.3 Å². The second-order valence-electron chi connectivity index (χ2n) is 5.00. The van der Waals surface area contributed by atoms with Gasteiger partial charge in [0, 0.05) is 20.1 Å². The van der Waals surface area contributed by atoms with Gasteiger partial charge in [-0.25, -0.2) is 0 Å². The molecule has 5 heteroatoms. The molecule has 1 saturated carbocycles. The van der Waals surface area contributed by atoms with E-state index in [-0.39, 0.29) is 0 Å². The van der Waals surface area contributed by atoms with Crippen molar-refractivity contribution in [1.29, 1.82) is 0 Å². The van der Waals surface area contributed by atoms with Crippen LogP contribution in [0.1, 0.15) is 26.2 Å². The van der Waals surface area contributed by atoms with E-state index in [4.69, 9.17) is 18.6 Å². The zero-order valence-electron chi connectivity index (χ0n) is 11.1. The lowest BCUT2D eigenvalue weighted by atomic mass is 9.83. The standard InChI is InChI=1S/C12H24O4Si/c1-4-17-15-8-12(13-2,14-3)9-5-6-10-11(7-9)16-10/h9-11H,4-8,17H2,1-3H3. The Balaban J connectivity index is 1.93. The number of rotatable bonds is 7. The third-order valence-electron chi connectivity index (χ3n) is 3.97. The van der Waals surface area contributed by atoms with E-state index in [0.717, 1.165) is 25.3 Å². The van der Waals surface area contributed by atoms with E-state index in [1.54, 1.807) is 14.2 Å². The van der Waals surface area contributed by atoms with Crippen LogP contribution >= 0.6 is 0 Å². The lowest BCUT2D eigenvalue weighted by Crippen LogP contribution is -2.48. The fourth-order valence-corrected chi connectivity index (χ4v) is 3.53. The molecule has 0 spiro atoms. The van der Waals surface area contributed by atoms with Gasteiger partial charge in [-0.15, -0.1) is 0 Å². The molecule has 3 atom stereocenters. The van der Waals surface area contributed by atoms with Crippen molar-refractivity contribution in [2.75, 3.05) is 20.8 Å². The molecule has 0 bridgehead atoms. The molecule has 0 N–H and O–H groups in total. The number of ether oxygens (including phenoxy) is 3. The molecule has 1 saturated heterocycles. The smallest absolute Gasteiger partial charge is 0.192 e. The number of hydrogen-bond acceptors (Lipinski definition) is 4. The number of methoxy groups -OCH3 is 2. The predicted octanol–water partition coefficient (Wildman–Crippen LogP) is 1.08. The third-order valence-corrected chi connectivity index (χ3v) is 4.87. The molecule has 100 valence electrons. The summed E-state index contributed by atoms with van der Waals surface area (Å²) in [4.78, 5) is 0. The highest BCUT2D eigenvalue weighted by Gasteiger charge is 2.51. The molecular weight excluding hydrogens is 236 g/mol. The highest BCUT2D eigenvalue weighted by molar-refractivity contribution is 6.26. The minimum Gasteiger partial charge on any atom is -0.418 e. The van der Waals surface area contributed by atoms with Crippen molar-refractivity contribution in [2.45, 2.75) is 50.2 Å². The highest BCUT2D eigenvalue weighted by atomic mass is 28.2. The summed E-state index contributed by atoms with van der Waals surface area (Å²) in [6.07, 6.45) is 4.25. The van der Waals surface area contributed by atoms with E-state index in [1.807, 2.05) is 0 Å². The lowest BCUT2D eigenvalue weighted by molar-refractivity contribution is -0.258. The first kappa shape index (κ1) is 13.5. The van der Waals surface area contributed by atoms with Gasteiger partial charge in [0.05, 0.1) is 18.8 Å². The van der Waals surface area contributed by atoms with Gasteiger partial charge in [-0.3, -0.25) is 0 Å². The third kappa shape index (κ3) is 2.90. The molecule has 2 fully saturated rings. The summed E-state index contributed by atoms with van der Waals surface area (Å²) in [5, 5.41) is 0. The Bertz CT molecular complexity index is 245. The quantitative estimate of drug-likeness (QED) is 0.297. The summed E-state index contributed by atoms with van der Waals surface area (Å²) in [6.45, 7) is 2.73. The molecule has 4 nitrogen and oxygen atoms in total. The van der Waals surface area contributed by atoms with Gasteiger partial charge in [0.15, 0.2) is 15.6 Å². The molecular formula is C12H24O4Si. The van der Waals surface area contributed by atoms with Gasteiger partial charge in [0.2, 0.25) is 0 Å². The molecule has 17 heavy (non-hydrogen) atoms. The molecule has 1 heterocycles. The minimum absolute atomic E-state index is 0.395. The van der Waals surface area contributed by atoms with Gasteiger partial charge in [0.1, 0.15) is 0 Å².